The number of fused-ring (bicyclic) bond motifs is 1. The SMILES string of the molecule is CC(O)CN(C(=O)c1sc2ccccc2c1Cl)C(C)C. The Hall–Kier alpha value is -1.10. The molecule has 2 aromatic rings. The van der Waals surface area contributed by atoms with Crippen LogP contribution in [0, 0.1) is 0 Å². The Morgan fingerprint density at radius 2 is 2.00 bits per heavy atom. The third-order valence-electron chi connectivity index (χ3n) is 3.07. The fourth-order valence-corrected chi connectivity index (χ4v) is 3.56. The zero-order valence-corrected chi connectivity index (χ0v) is 13.3. The summed E-state index contributed by atoms with van der Waals surface area (Å²) in [5.41, 5.74) is 0. The van der Waals surface area contributed by atoms with Crippen LogP contribution in [0.2, 0.25) is 5.02 Å². The first kappa shape index (κ1) is 15.3. The van der Waals surface area contributed by atoms with E-state index in [1.165, 1.54) is 11.3 Å². The maximum Gasteiger partial charge on any atom is 0.265 e. The van der Waals surface area contributed by atoms with E-state index < -0.39 is 6.10 Å². The van der Waals surface area contributed by atoms with Crippen LogP contribution in [0.4, 0.5) is 0 Å². The molecule has 0 aliphatic heterocycles. The zero-order chi connectivity index (χ0) is 14.9. The van der Waals surface area contributed by atoms with Crippen LogP contribution < -0.4 is 0 Å². The molecule has 1 amide bonds. The van der Waals surface area contributed by atoms with Crippen molar-refractivity contribution in [3.63, 3.8) is 0 Å². The summed E-state index contributed by atoms with van der Waals surface area (Å²) < 4.78 is 1.00. The summed E-state index contributed by atoms with van der Waals surface area (Å²) in [6.45, 7) is 5.85. The number of amides is 1. The number of carbonyl (C=O) groups excluding carboxylic acids is 1. The second-order valence-electron chi connectivity index (χ2n) is 5.14. The predicted molar refractivity (Wildman–Crippen MR) is 84.7 cm³/mol. The number of benzene rings is 1. The molecular formula is C15H18ClNO2S. The van der Waals surface area contributed by atoms with Crippen molar-refractivity contribution in [2.45, 2.75) is 32.9 Å². The molecule has 2 rings (SSSR count). The highest BCUT2D eigenvalue weighted by Crippen LogP contribution is 2.36. The molecule has 0 aliphatic carbocycles. The van der Waals surface area contributed by atoms with Crippen LogP contribution in [-0.2, 0) is 0 Å². The molecule has 0 saturated heterocycles. The molecular weight excluding hydrogens is 294 g/mol. The van der Waals surface area contributed by atoms with E-state index in [1.54, 1.807) is 11.8 Å². The molecule has 0 bridgehead atoms. The lowest BCUT2D eigenvalue weighted by Crippen LogP contribution is -2.41. The second-order valence-corrected chi connectivity index (χ2v) is 6.57. The van der Waals surface area contributed by atoms with Gasteiger partial charge in [0.2, 0.25) is 0 Å². The molecule has 0 spiro atoms. The third-order valence-corrected chi connectivity index (χ3v) is 4.74. The minimum absolute atomic E-state index is 0.0124. The fraction of sp³-hybridized carbons (Fsp3) is 0.400. The number of thiophene rings is 1. The Bertz CT molecular complexity index is 621. The lowest BCUT2D eigenvalue weighted by atomic mass is 10.2. The Labute approximate surface area is 127 Å². The van der Waals surface area contributed by atoms with E-state index in [1.807, 2.05) is 38.1 Å². The van der Waals surface area contributed by atoms with Gasteiger partial charge in [-0.15, -0.1) is 11.3 Å². The fourth-order valence-electron chi connectivity index (χ4n) is 2.09. The molecule has 1 heterocycles. The largest absolute Gasteiger partial charge is 0.392 e. The minimum Gasteiger partial charge on any atom is -0.392 e. The number of hydrogen-bond acceptors (Lipinski definition) is 3. The van der Waals surface area contributed by atoms with Crippen LogP contribution in [0.15, 0.2) is 24.3 Å². The van der Waals surface area contributed by atoms with E-state index in [-0.39, 0.29) is 11.9 Å². The number of rotatable bonds is 4. The van der Waals surface area contributed by atoms with Crippen LogP contribution in [0.25, 0.3) is 10.1 Å². The molecule has 1 N–H and O–H groups in total. The summed E-state index contributed by atoms with van der Waals surface area (Å²) in [4.78, 5) is 14.9. The molecule has 0 aliphatic rings. The first-order chi connectivity index (χ1) is 9.41. The molecule has 1 aromatic carbocycles. The maximum atomic E-state index is 12.7. The second kappa shape index (κ2) is 6.12. The van der Waals surface area contributed by atoms with Crippen molar-refractivity contribution in [1.29, 1.82) is 0 Å². The van der Waals surface area contributed by atoms with Crippen molar-refractivity contribution in [2.75, 3.05) is 6.54 Å². The summed E-state index contributed by atoms with van der Waals surface area (Å²) in [6, 6.07) is 7.72. The first-order valence-electron chi connectivity index (χ1n) is 6.58. The molecule has 1 atom stereocenters. The van der Waals surface area contributed by atoms with Gasteiger partial charge in [-0.3, -0.25) is 4.79 Å². The van der Waals surface area contributed by atoms with Gasteiger partial charge in [-0.1, -0.05) is 29.8 Å². The maximum absolute atomic E-state index is 12.7. The smallest absolute Gasteiger partial charge is 0.265 e. The van der Waals surface area contributed by atoms with E-state index in [0.29, 0.717) is 16.4 Å². The zero-order valence-electron chi connectivity index (χ0n) is 11.8. The summed E-state index contributed by atoms with van der Waals surface area (Å²) in [5, 5.41) is 11.0. The average Bonchev–Trinajstić information content (AvgIpc) is 2.73. The number of aliphatic hydroxyl groups excluding tert-OH is 1. The number of nitrogens with zero attached hydrogens (tertiary/aromatic N) is 1. The summed E-state index contributed by atoms with van der Waals surface area (Å²) >= 11 is 7.74. The molecule has 1 aromatic heterocycles. The third kappa shape index (κ3) is 2.97. The molecule has 0 saturated carbocycles. The van der Waals surface area contributed by atoms with E-state index >= 15 is 0 Å². The van der Waals surface area contributed by atoms with Gasteiger partial charge < -0.3 is 10.0 Å². The summed E-state index contributed by atoms with van der Waals surface area (Å²) in [5.74, 6) is -0.118. The highest BCUT2D eigenvalue weighted by Gasteiger charge is 2.25. The summed E-state index contributed by atoms with van der Waals surface area (Å²) in [6.07, 6.45) is -0.561. The molecule has 3 nitrogen and oxygen atoms in total. The Kier molecular flexibility index (Phi) is 4.68. The topological polar surface area (TPSA) is 40.5 Å². The molecule has 5 heteroatoms. The Morgan fingerprint density at radius 1 is 1.35 bits per heavy atom. The minimum atomic E-state index is -0.561. The van der Waals surface area contributed by atoms with E-state index in [2.05, 4.69) is 0 Å². The van der Waals surface area contributed by atoms with Crippen LogP contribution in [0.5, 0.6) is 0 Å². The first-order valence-corrected chi connectivity index (χ1v) is 7.77. The number of hydrogen-bond donors (Lipinski definition) is 1. The van der Waals surface area contributed by atoms with Gasteiger partial charge in [-0.25, -0.2) is 0 Å². The average molecular weight is 312 g/mol. The summed E-state index contributed by atoms with van der Waals surface area (Å²) in [7, 11) is 0. The van der Waals surface area contributed by atoms with Crippen molar-refractivity contribution in [3.8, 4) is 0 Å². The Morgan fingerprint density at radius 3 is 2.55 bits per heavy atom. The van der Waals surface area contributed by atoms with Crippen molar-refractivity contribution in [1.82, 2.24) is 4.90 Å². The molecule has 0 radical (unpaired) electrons. The van der Waals surface area contributed by atoms with Gasteiger partial charge in [-0.05, 0) is 26.8 Å². The van der Waals surface area contributed by atoms with Gasteiger partial charge in [0.1, 0.15) is 4.88 Å². The van der Waals surface area contributed by atoms with Crippen molar-refractivity contribution < 1.29 is 9.90 Å². The van der Waals surface area contributed by atoms with Gasteiger partial charge in [0.15, 0.2) is 0 Å². The Balaban J connectivity index is 2.41. The monoisotopic (exact) mass is 311 g/mol. The normalized spacial score (nSPS) is 12.9. The van der Waals surface area contributed by atoms with E-state index in [9.17, 15) is 9.90 Å². The van der Waals surface area contributed by atoms with Gasteiger partial charge in [-0.2, -0.15) is 0 Å². The van der Waals surface area contributed by atoms with E-state index in [0.717, 1.165) is 10.1 Å². The highest BCUT2D eigenvalue weighted by atomic mass is 35.5. The van der Waals surface area contributed by atoms with Gasteiger partial charge in [0, 0.05) is 22.7 Å². The van der Waals surface area contributed by atoms with Crippen LogP contribution >= 0.6 is 22.9 Å². The molecule has 108 valence electrons. The van der Waals surface area contributed by atoms with Crippen LogP contribution in [0.3, 0.4) is 0 Å². The number of aliphatic hydroxyl groups is 1. The standard InChI is InChI=1S/C15H18ClNO2S/c1-9(2)17(8-10(3)18)15(19)14-13(16)11-6-4-5-7-12(11)20-14/h4-7,9-10,18H,8H2,1-3H3. The van der Waals surface area contributed by atoms with E-state index in [4.69, 9.17) is 11.6 Å². The van der Waals surface area contributed by atoms with Gasteiger partial charge in [0.05, 0.1) is 11.1 Å². The van der Waals surface area contributed by atoms with Crippen LogP contribution in [0.1, 0.15) is 30.4 Å². The van der Waals surface area contributed by atoms with Crippen molar-refractivity contribution >= 4 is 38.9 Å². The highest BCUT2D eigenvalue weighted by molar-refractivity contribution is 7.21. The van der Waals surface area contributed by atoms with Crippen molar-refractivity contribution in [3.05, 3.63) is 34.2 Å². The van der Waals surface area contributed by atoms with Gasteiger partial charge in [0.25, 0.3) is 5.91 Å². The molecule has 20 heavy (non-hydrogen) atoms. The lowest BCUT2D eigenvalue weighted by Gasteiger charge is -2.27. The number of carbonyl (C=O) groups is 1. The quantitative estimate of drug-likeness (QED) is 0.933. The number of halogens is 1. The van der Waals surface area contributed by atoms with Crippen molar-refractivity contribution in [2.24, 2.45) is 0 Å². The molecule has 1 unspecified atom stereocenters. The van der Waals surface area contributed by atoms with Crippen LogP contribution in [-0.4, -0.2) is 34.6 Å². The molecule has 0 fully saturated rings. The predicted octanol–water partition coefficient (Wildman–Crippen LogP) is 3.79. The van der Waals surface area contributed by atoms with Gasteiger partial charge >= 0.3 is 0 Å². The lowest BCUT2D eigenvalue weighted by molar-refractivity contribution is 0.0583.